The van der Waals surface area contributed by atoms with Crippen LogP contribution in [0.5, 0.6) is 0 Å². The second-order valence-corrected chi connectivity index (χ2v) is 5.08. The van der Waals surface area contributed by atoms with Crippen LogP contribution in [-0.2, 0) is 19.2 Å². The standard InChI is InChI=1S/C16H12O8/c17-11(18)15(12(19)20)8-4-7-10(9-5-2-1-3-6-9)16(15,13(21)22)14(23)24/h1-8H,(H,17,18)(H,19,20)(H,21,22)(H,23,24). The molecule has 1 aliphatic rings. The van der Waals surface area contributed by atoms with Gasteiger partial charge in [0.25, 0.3) is 0 Å². The van der Waals surface area contributed by atoms with Gasteiger partial charge >= 0.3 is 23.9 Å². The molecule has 0 heterocycles. The van der Waals surface area contributed by atoms with Crippen LogP contribution < -0.4 is 0 Å². The molecule has 0 saturated carbocycles. The van der Waals surface area contributed by atoms with Gasteiger partial charge in [-0.2, -0.15) is 0 Å². The summed E-state index contributed by atoms with van der Waals surface area (Å²) in [6.45, 7) is 0. The van der Waals surface area contributed by atoms with Crippen LogP contribution in [0.15, 0.2) is 48.6 Å². The summed E-state index contributed by atoms with van der Waals surface area (Å²) >= 11 is 0. The number of carboxylic acid groups (broad SMARTS) is 4. The minimum atomic E-state index is -3.24. The lowest BCUT2D eigenvalue weighted by Crippen LogP contribution is -2.61. The Morgan fingerprint density at radius 1 is 0.750 bits per heavy atom. The summed E-state index contributed by atoms with van der Waals surface area (Å²) < 4.78 is 0. The molecular formula is C16H12O8. The fraction of sp³-hybridized carbons (Fsp3) is 0.125. The zero-order valence-electron chi connectivity index (χ0n) is 12.0. The lowest BCUT2D eigenvalue weighted by Gasteiger charge is -2.40. The van der Waals surface area contributed by atoms with Gasteiger partial charge in [0.05, 0.1) is 0 Å². The fourth-order valence-corrected chi connectivity index (χ4v) is 2.90. The minimum Gasteiger partial charge on any atom is -0.480 e. The summed E-state index contributed by atoms with van der Waals surface area (Å²) in [5, 5.41) is 38.2. The molecule has 0 aliphatic heterocycles. The number of aliphatic carboxylic acids is 4. The fourth-order valence-electron chi connectivity index (χ4n) is 2.90. The van der Waals surface area contributed by atoms with Crippen molar-refractivity contribution < 1.29 is 39.6 Å². The molecular weight excluding hydrogens is 320 g/mol. The highest BCUT2D eigenvalue weighted by molar-refractivity contribution is 6.22. The van der Waals surface area contributed by atoms with Crippen molar-refractivity contribution in [2.45, 2.75) is 0 Å². The van der Waals surface area contributed by atoms with Crippen LogP contribution in [0.1, 0.15) is 5.56 Å². The van der Waals surface area contributed by atoms with E-state index >= 15 is 0 Å². The van der Waals surface area contributed by atoms with Crippen LogP contribution in [-0.4, -0.2) is 44.3 Å². The van der Waals surface area contributed by atoms with E-state index in [1.54, 1.807) is 6.07 Å². The molecule has 0 radical (unpaired) electrons. The first-order valence-corrected chi connectivity index (χ1v) is 6.62. The summed E-state index contributed by atoms with van der Waals surface area (Å²) in [6.07, 6.45) is 2.71. The largest absolute Gasteiger partial charge is 0.480 e. The summed E-state index contributed by atoms with van der Waals surface area (Å²) in [7, 11) is 0. The van der Waals surface area contributed by atoms with Crippen molar-refractivity contribution in [3.8, 4) is 0 Å². The Bertz CT molecular complexity index is 760. The predicted octanol–water partition coefficient (Wildman–Crippen LogP) is 0.951. The van der Waals surface area contributed by atoms with Crippen molar-refractivity contribution in [1.29, 1.82) is 0 Å². The van der Waals surface area contributed by atoms with Crippen LogP contribution in [0.25, 0.3) is 5.57 Å². The number of carboxylic acids is 4. The number of allylic oxidation sites excluding steroid dienone is 2. The second kappa shape index (κ2) is 5.65. The number of hydrogen-bond donors (Lipinski definition) is 4. The molecule has 4 N–H and O–H groups in total. The Morgan fingerprint density at radius 3 is 1.67 bits per heavy atom. The molecule has 0 amide bonds. The van der Waals surface area contributed by atoms with Gasteiger partial charge in [0.15, 0.2) is 0 Å². The van der Waals surface area contributed by atoms with Crippen molar-refractivity contribution in [1.82, 2.24) is 0 Å². The molecule has 1 aromatic carbocycles. The highest BCUT2D eigenvalue weighted by Crippen LogP contribution is 2.53. The Balaban J connectivity index is 2.97. The summed E-state index contributed by atoms with van der Waals surface area (Å²) in [6, 6.07) is 7.33. The van der Waals surface area contributed by atoms with E-state index < -0.39 is 40.3 Å². The molecule has 0 fully saturated rings. The summed E-state index contributed by atoms with van der Waals surface area (Å²) in [5.41, 5.74) is -6.78. The number of benzene rings is 1. The maximum atomic E-state index is 11.9. The van der Waals surface area contributed by atoms with Gasteiger partial charge in [-0.3, -0.25) is 19.2 Å². The van der Waals surface area contributed by atoms with Crippen molar-refractivity contribution >= 4 is 29.5 Å². The average molecular weight is 332 g/mol. The van der Waals surface area contributed by atoms with Crippen molar-refractivity contribution in [3.63, 3.8) is 0 Å². The molecule has 8 heteroatoms. The van der Waals surface area contributed by atoms with E-state index in [1.807, 2.05) is 0 Å². The average Bonchev–Trinajstić information content (AvgIpc) is 2.53. The van der Waals surface area contributed by atoms with Gasteiger partial charge in [0.2, 0.25) is 10.8 Å². The van der Waals surface area contributed by atoms with Gasteiger partial charge in [0.1, 0.15) is 0 Å². The van der Waals surface area contributed by atoms with E-state index in [0.717, 1.165) is 12.2 Å². The van der Waals surface area contributed by atoms with E-state index in [9.17, 15) is 39.6 Å². The van der Waals surface area contributed by atoms with Crippen molar-refractivity contribution in [2.24, 2.45) is 10.8 Å². The molecule has 1 aliphatic carbocycles. The SMILES string of the molecule is O=C(O)C1(C(=O)O)C=CC=C(c2ccccc2)C1(C(=O)O)C(=O)O. The minimum absolute atomic E-state index is 0.0959. The Labute approximate surface area is 135 Å². The molecule has 8 nitrogen and oxygen atoms in total. The lowest BCUT2D eigenvalue weighted by atomic mass is 9.56. The zero-order chi connectivity index (χ0) is 18.1. The maximum absolute atomic E-state index is 11.9. The predicted molar refractivity (Wildman–Crippen MR) is 79.0 cm³/mol. The Hall–Kier alpha value is -3.42. The van der Waals surface area contributed by atoms with Gasteiger partial charge in [-0.25, -0.2) is 0 Å². The van der Waals surface area contributed by atoms with E-state index in [4.69, 9.17) is 0 Å². The molecule has 2 rings (SSSR count). The number of hydrogen-bond acceptors (Lipinski definition) is 4. The number of carbonyl (C=O) groups is 4. The third-order valence-corrected chi connectivity index (χ3v) is 4.01. The molecule has 24 heavy (non-hydrogen) atoms. The summed E-state index contributed by atoms with van der Waals surface area (Å²) in [4.78, 5) is 47.4. The molecule has 0 bridgehead atoms. The Kier molecular flexibility index (Phi) is 3.99. The van der Waals surface area contributed by atoms with Crippen LogP contribution in [0, 0.1) is 10.8 Å². The smallest absolute Gasteiger partial charge is 0.327 e. The molecule has 1 aromatic rings. The van der Waals surface area contributed by atoms with Gasteiger partial charge in [0, 0.05) is 0 Å². The lowest BCUT2D eigenvalue weighted by molar-refractivity contribution is -0.184. The monoisotopic (exact) mass is 332 g/mol. The molecule has 0 spiro atoms. The number of rotatable bonds is 5. The Morgan fingerprint density at radius 2 is 1.25 bits per heavy atom. The molecule has 124 valence electrons. The first-order valence-electron chi connectivity index (χ1n) is 6.62. The van der Waals surface area contributed by atoms with Crippen molar-refractivity contribution in [2.75, 3.05) is 0 Å². The van der Waals surface area contributed by atoms with E-state index in [1.165, 1.54) is 24.3 Å². The van der Waals surface area contributed by atoms with Gasteiger partial charge in [-0.15, -0.1) is 0 Å². The zero-order valence-corrected chi connectivity index (χ0v) is 12.0. The van der Waals surface area contributed by atoms with Crippen LogP contribution in [0.2, 0.25) is 0 Å². The van der Waals surface area contributed by atoms with Gasteiger partial charge in [-0.1, -0.05) is 48.6 Å². The topological polar surface area (TPSA) is 149 Å². The first-order chi connectivity index (χ1) is 11.2. The summed E-state index contributed by atoms with van der Waals surface area (Å²) in [5.74, 6) is -8.34. The normalized spacial score (nSPS) is 17.6. The molecule has 0 aromatic heterocycles. The van der Waals surface area contributed by atoms with Crippen molar-refractivity contribution in [3.05, 3.63) is 54.1 Å². The van der Waals surface area contributed by atoms with E-state index in [0.29, 0.717) is 6.08 Å². The van der Waals surface area contributed by atoms with Gasteiger partial charge < -0.3 is 20.4 Å². The van der Waals surface area contributed by atoms with E-state index in [-0.39, 0.29) is 5.56 Å². The third kappa shape index (κ3) is 1.93. The molecule has 0 atom stereocenters. The third-order valence-electron chi connectivity index (χ3n) is 4.01. The van der Waals surface area contributed by atoms with Crippen LogP contribution >= 0.6 is 0 Å². The molecule has 0 unspecified atom stereocenters. The molecule has 0 saturated heterocycles. The second-order valence-electron chi connectivity index (χ2n) is 5.08. The highest BCUT2D eigenvalue weighted by Gasteiger charge is 2.73. The highest BCUT2D eigenvalue weighted by atomic mass is 16.4. The van der Waals surface area contributed by atoms with E-state index in [2.05, 4.69) is 0 Å². The quantitative estimate of drug-likeness (QED) is 0.582. The first kappa shape index (κ1) is 16.9. The van der Waals surface area contributed by atoms with Crippen LogP contribution in [0.4, 0.5) is 0 Å². The van der Waals surface area contributed by atoms with Crippen LogP contribution in [0.3, 0.4) is 0 Å². The maximum Gasteiger partial charge on any atom is 0.327 e. The van der Waals surface area contributed by atoms with Gasteiger partial charge in [-0.05, 0) is 11.1 Å².